The van der Waals surface area contributed by atoms with Crippen LogP contribution in [0.25, 0.3) is 0 Å². The van der Waals surface area contributed by atoms with E-state index in [0.717, 1.165) is 30.4 Å². The van der Waals surface area contributed by atoms with Crippen LogP contribution in [0.2, 0.25) is 0 Å². The number of benzene rings is 3. The van der Waals surface area contributed by atoms with E-state index in [-0.39, 0.29) is 23.6 Å². The van der Waals surface area contributed by atoms with Crippen molar-refractivity contribution in [2.75, 3.05) is 4.90 Å². The largest absolute Gasteiger partial charge is 0.337 e. The van der Waals surface area contributed by atoms with Crippen LogP contribution >= 0.6 is 0 Å². The number of carbonyl (C=O) groups is 1. The predicted octanol–water partition coefficient (Wildman–Crippen LogP) is 6.61. The van der Waals surface area contributed by atoms with Gasteiger partial charge in [-0.2, -0.15) is 0 Å². The molecule has 6 rings (SSSR count). The summed E-state index contributed by atoms with van der Waals surface area (Å²) < 4.78 is 39.1. The molecule has 0 saturated heterocycles. The molecule has 2 aliphatic rings. The Morgan fingerprint density at radius 2 is 1.76 bits per heavy atom. The highest BCUT2D eigenvalue weighted by atomic mass is 32.2. The van der Waals surface area contributed by atoms with Crippen molar-refractivity contribution in [1.82, 2.24) is 9.55 Å². The maximum absolute atomic E-state index is 14.2. The molecule has 6 nitrogen and oxygen atoms in total. The molecule has 1 heterocycles. The second-order valence-electron chi connectivity index (χ2n) is 10.3. The Bertz CT molecular complexity index is 1540. The topological polar surface area (TPSA) is 81.2 Å². The minimum atomic E-state index is -1.58. The minimum Gasteiger partial charge on any atom is -0.337 e. The zero-order valence-electron chi connectivity index (χ0n) is 24.3. The van der Waals surface area contributed by atoms with Gasteiger partial charge in [0.1, 0.15) is 28.4 Å². The summed E-state index contributed by atoms with van der Waals surface area (Å²) in [7, 11) is 0.362. The Morgan fingerprint density at radius 3 is 2.40 bits per heavy atom. The number of carbonyl (C=O) groups excluding carboxylic acids is 1. The first-order valence-corrected chi connectivity index (χ1v) is 15.6. The molecule has 1 aromatic heterocycles. The average molecular weight is 593 g/mol. The lowest BCUT2D eigenvalue weighted by atomic mass is 9.91. The molecule has 2 aliphatic carbocycles. The summed E-state index contributed by atoms with van der Waals surface area (Å²) in [6, 6.07) is 18.6. The van der Waals surface area contributed by atoms with Crippen molar-refractivity contribution in [1.29, 1.82) is 0 Å². The Balaban J connectivity index is 0.000000285. The predicted molar refractivity (Wildman–Crippen MR) is 163 cm³/mol. The summed E-state index contributed by atoms with van der Waals surface area (Å²) in [5, 5.41) is 4.99. The molecule has 0 aliphatic heterocycles. The van der Waals surface area contributed by atoms with Gasteiger partial charge in [0.05, 0.1) is 11.4 Å². The van der Waals surface area contributed by atoms with Gasteiger partial charge in [0.15, 0.2) is 0 Å². The minimum absolute atomic E-state index is 0.0415. The van der Waals surface area contributed by atoms with E-state index in [1.54, 1.807) is 18.3 Å². The summed E-state index contributed by atoms with van der Waals surface area (Å²) in [5.41, 5.74) is 4.31. The highest BCUT2D eigenvalue weighted by Crippen LogP contribution is 2.49. The van der Waals surface area contributed by atoms with E-state index < -0.39 is 16.8 Å². The van der Waals surface area contributed by atoms with Gasteiger partial charge >= 0.3 is 0 Å². The van der Waals surface area contributed by atoms with E-state index in [1.165, 1.54) is 48.2 Å². The number of hydrogen-bond acceptors (Lipinski definition) is 3. The third-order valence-corrected chi connectivity index (χ3v) is 8.29. The number of imidazole rings is 1. The first kappa shape index (κ1) is 31.3. The normalized spacial score (nSPS) is 17.5. The lowest BCUT2D eigenvalue weighted by molar-refractivity contribution is -0.120. The van der Waals surface area contributed by atoms with Crippen molar-refractivity contribution in [3.8, 4) is 0 Å². The Hall–Kier alpha value is -3.69. The molecule has 1 unspecified atom stereocenters. The zero-order valence-corrected chi connectivity index (χ0v) is 25.1. The second-order valence-corrected chi connectivity index (χ2v) is 11.3. The number of aryl methyl sites for hydroxylation is 3. The van der Waals surface area contributed by atoms with Gasteiger partial charge in [-0.05, 0) is 91.1 Å². The fourth-order valence-electron chi connectivity index (χ4n) is 5.25. The molecule has 2 N–H and O–H groups in total. The number of halogens is 2. The van der Waals surface area contributed by atoms with Gasteiger partial charge in [0, 0.05) is 31.0 Å². The van der Waals surface area contributed by atoms with Crippen LogP contribution in [-0.2, 0) is 42.2 Å². The quantitative estimate of drug-likeness (QED) is 0.274. The number of hydrogen-bond donors (Lipinski definition) is 1. The van der Waals surface area contributed by atoms with Crippen molar-refractivity contribution < 1.29 is 17.8 Å². The van der Waals surface area contributed by atoms with Crippen molar-refractivity contribution in [3.63, 3.8) is 0 Å². The standard InChI is InChI=1S/C25H26FN3O.C6H6FNOS.C2H6/c1-28-13-12-27-24(28)16-29(19-11-10-17-6-2-3-7-18(17)14-19)25(30)22-15-21(22)20-8-4-5-9-23(20)26;7-5-2-1-3-6(4-5)10(8)9;1-2/h4-5,8-14,21-22H,2-3,6-7,15-16H2,1H3;1-4H,8H2;1-2H3/t21-,22+;;/m1../s1. The first-order chi connectivity index (χ1) is 20.3. The SMILES string of the molecule is CC.Cn1ccnc1CN(C(=O)[C@H]1C[C@@H]1c1ccccc1F)c1ccc2c(c1)CCCC2.NS(=O)c1cccc(F)c1. The van der Waals surface area contributed by atoms with Crippen molar-refractivity contribution in [3.05, 3.63) is 113 Å². The molecule has 1 amide bonds. The van der Waals surface area contributed by atoms with Crippen molar-refractivity contribution in [2.45, 2.75) is 63.3 Å². The number of nitrogens with two attached hydrogens (primary N) is 1. The van der Waals surface area contributed by atoms with E-state index in [4.69, 9.17) is 5.14 Å². The molecule has 4 aromatic rings. The van der Waals surface area contributed by atoms with Gasteiger partial charge in [-0.25, -0.2) is 23.1 Å². The third-order valence-electron chi connectivity index (χ3n) is 7.57. The fraction of sp³-hybridized carbons (Fsp3) is 0.333. The third kappa shape index (κ3) is 7.57. The van der Waals surface area contributed by atoms with Crippen LogP contribution in [0, 0.1) is 17.6 Å². The number of nitrogens with zero attached hydrogens (tertiary/aromatic N) is 3. The highest BCUT2D eigenvalue weighted by Gasteiger charge is 2.47. The highest BCUT2D eigenvalue weighted by molar-refractivity contribution is 7.82. The maximum Gasteiger partial charge on any atom is 0.231 e. The summed E-state index contributed by atoms with van der Waals surface area (Å²) in [6.07, 6.45) is 8.95. The molecule has 3 atom stereocenters. The van der Waals surface area contributed by atoms with E-state index in [9.17, 15) is 17.8 Å². The maximum atomic E-state index is 14.2. The molecule has 9 heteroatoms. The molecular weight excluding hydrogens is 554 g/mol. The molecule has 0 radical (unpaired) electrons. The average Bonchev–Trinajstić information content (AvgIpc) is 3.70. The van der Waals surface area contributed by atoms with Crippen LogP contribution < -0.4 is 10.0 Å². The lowest BCUT2D eigenvalue weighted by Crippen LogP contribution is -2.33. The summed E-state index contributed by atoms with van der Waals surface area (Å²) >= 11 is 0. The monoisotopic (exact) mass is 592 g/mol. The number of amides is 1. The molecule has 0 bridgehead atoms. The van der Waals surface area contributed by atoms with Gasteiger partial charge in [-0.1, -0.05) is 44.2 Å². The van der Waals surface area contributed by atoms with Crippen LogP contribution in [0.3, 0.4) is 0 Å². The smallest absolute Gasteiger partial charge is 0.231 e. The summed E-state index contributed by atoms with van der Waals surface area (Å²) in [5.74, 6) is 0.0307. The van der Waals surface area contributed by atoms with Gasteiger partial charge < -0.3 is 9.47 Å². The molecule has 1 fully saturated rings. The van der Waals surface area contributed by atoms with Gasteiger partial charge in [-0.15, -0.1) is 0 Å². The van der Waals surface area contributed by atoms with E-state index in [1.807, 2.05) is 42.6 Å². The Labute approximate surface area is 249 Å². The fourth-order valence-corrected chi connectivity index (χ4v) is 5.70. The molecular formula is C33H38F2N4O2S. The van der Waals surface area contributed by atoms with Crippen LogP contribution in [0.4, 0.5) is 14.5 Å². The van der Waals surface area contributed by atoms with Crippen LogP contribution in [-0.4, -0.2) is 19.7 Å². The van der Waals surface area contributed by atoms with Crippen LogP contribution in [0.1, 0.15) is 61.5 Å². The van der Waals surface area contributed by atoms with Gasteiger partial charge in [-0.3, -0.25) is 4.79 Å². The van der Waals surface area contributed by atoms with Crippen LogP contribution in [0.5, 0.6) is 0 Å². The number of aromatic nitrogens is 2. The van der Waals surface area contributed by atoms with E-state index >= 15 is 0 Å². The molecule has 1 saturated carbocycles. The van der Waals surface area contributed by atoms with E-state index in [2.05, 4.69) is 23.2 Å². The summed E-state index contributed by atoms with van der Waals surface area (Å²) in [6.45, 7) is 4.42. The lowest BCUT2D eigenvalue weighted by Gasteiger charge is -2.25. The van der Waals surface area contributed by atoms with E-state index in [0.29, 0.717) is 23.4 Å². The Morgan fingerprint density at radius 1 is 1.02 bits per heavy atom. The molecule has 3 aromatic carbocycles. The van der Waals surface area contributed by atoms with Crippen molar-refractivity contribution in [2.24, 2.45) is 18.1 Å². The molecule has 222 valence electrons. The zero-order chi connectivity index (χ0) is 30.2. The van der Waals surface area contributed by atoms with Gasteiger partial charge in [0.2, 0.25) is 5.91 Å². The number of rotatable bonds is 6. The Kier molecular flexibility index (Phi) is 10.8. The summed E-state index contributed by atoms with van der Waals surface area (Å²) in [4.78, 5) is 20.2. The molecule has 0 spiro atoms. The number of anilines is 1. The molecule has 42 heavy (non-hydrogen) atoms. The van der Waals surface area contributed by atoms with Gasteiger partial charge in [0.25, 0.3) is 0 Å². The van der Waals surface area contributed by atoms with Crippen LogP contribution in [0.15, 0.2) is 84.0 Å². The first-order valence-electron chi connectivity index (χ1n) is 14.4. The van der Waals surface area contributed by atoms with Crippen molar-refractivity contribution >= 4 is 22.6 Å². The number of fused-ring (bicyclic) bond motifs is 1. The second kappa shape index (κ2) is 14.5.